The molecule has 1 N–H and O–H groups in total. The second-order valence-corrected chi connectivity index (χ2v) is 6.71. The fraction of sp³-hybridized carbons (Fsp3) is 0.133. The lowest BCUT2D eigenvalue weighted by molar-refractivity contribution is -0.136. The first-order chi connectivity index (χ1) is 9.95. The molecule has 2 aromatic rings. The Kier molecular flexibility index (Phi) is 5.39. The molecule has 0 fully saturated rings. The summed E-state index contributed by atoms with van der Waals surface area (Å²) in [6.07, 6.45) is -0.0243. The van der Waals surface area contributed by atoms with Crippen LogP contribution in [0.3, 0.4) is 0 Å². The molecule has 0 aliphatic heterocycles. The zero-order valence-electron chi connectivity index (χ0n) is 10.9. The van der Waals surface area contributed by atoms with Gasteiger partial charge in [-0.25, -0.2) is 0 Å². The second kappa shape index (κ2) is 7.07. The Morgan fingerprint density at radius 3 is 2.29 bits per heavy atom. The number of hydrogen-bond donors (Lipinski definition) is 1. The zero-order chi connectivity index (χ0) is 15.4. The molecule has 0 radical (unpaired) electrons. The number of rotatable bonds is 5. The van der Waals surface area contributed by atoms with Gasteiger partial charge < -0.3 is 5.11 Å². The van der Waals surface area contributed by atoms with Crippen LogP contribution in [0.15, 0.2) is 47.4 Å². The van der Waals surface area contributed by atoms with E-state index < -0.39 is 16.8 Å². The van der Waals surface area contributed by atoms with Crippen molar-refractivity contribution in [1.29, 1.82) is 0 Å². The SMILES string of the molecule is O=C(O)Cc1ccc(CS(=O)c2cc(Cl)ccc2Cl)cc1. The van der Waals surface area contributed by atoms with Crippen LogP contribution in [0.1, 0.15) is 11.1 Å². The summed E-state index contributed by atoms with van der Waals surface area (Å²) >= 11 is 11.9. The molecule has 110 valence electrons. The molecule has 0 aromatic heterocycles. The zero-order valence-corrected chi connectivity index (χ0v) is 13.2. The fourth-order valence-corrected chi connectivity index (χ4v) is 3.62. The minimum Gasteiger partial charge on any atom is -0.481 e. The van der Waals surface area contributed by atoms with Gasteiger partial charge >= 0.3 is 5.97 Å². The number of benzene rings is 2. The number of carboxylic acid groups (broad SMARTS) is 1. The van der Waals surface area contributed by atoms with Gasteiger partial charge in [0.2, 0.25) is 0 Å². The number of carbonyl (C=O) groups is 1. The van der Waals surface area contributed by atoms with E-state index in [1.807, 2.05) is 0 Å². The van der Waals surface area contributed by atoms with Crippen molar-refractivity contribution in [3.05, 3.63) is 63.6 Å². The smallest absolute Gasteiger partial charge is 0.307 e. The average Bonchev–Trinajstić information content (AvgIpc) is 2.43. The summed E-state index contributed by atoms with van der Waals surface area (Å²) in [5.74, 6) is -0.579. The molecule has 0 spiro atoms. The van der Waals surface area contributed by atoms with Crippen LogP contribution in [0, 0.1) is 0 Å². The van der Waals surface area contributed by atoms with E-state index in [9.17, 15) is 9.00 Å². The minimum atomic E-state index is -1.31. The van der Waals surface area contributed by atoms with Crippen molar-refractivity contribution in [2.75, 3.05) is 0 Å². The Labute approximate surface area is 135 Å². The normalized spacial score (nSPS) is 12.1. The van der Waals surface area contributed by atoms with Crippen molar-refractivity contribution in [2.24, 2.45) is 0 Å². The van der Waals surface area contributed by atoms with Crippen molar-refractivity contribution >= 4 is 40.0 Å². The highest BCUT2D eigenvalue weighted by Crippen LogP contribution is 2.25. The van der Waals surface area contributed by atoms with Gasteiger partial charge in [0.15, 0.2) is 0 Å². The molecule has 2 rings (SSSR count). The summed E-state index contributed by atoms with van der Waals surface area (Å²) in [5.41, 5.74) is 1.55. The largest absolute Gasteiger partial charge is 0.481 e. The molecule has 1 atom stereocenters. The Balaban J connectivity index is 2.12. The number of halogens is 2. The van der Waals surface area contributed by atoms with E-state index in [0.717, 1.165) is 5.56 Å². The molecule has 2 aromatic carbocycles. The first-order valence-corrected chi connectivity index (χ1v) is 8.16. The van der Waals surface area contributed by atoms with E-state index >= 15 is 0 Å². The van der Waals surface area contributed by atoms with Gasteiger partial charge in [-0.3, -0.25) is 9.00 Å². The van der Waals surface area contributed by atoms with E-state index in [2.05, 4.69) is 0 Å². The van der Waals surface area contributed by atoms with Crippen LogP contribution < -0.4 is 0 Å². The van der Waals surface area contributed by atoms with Crippen molar-refractivity contribution in [1.82, 2.24) is 0 Å². The highest BCUT2D eigenvalue weighted by molar-refractivity contribution is 7.84. The van der Waals surface area contributed by atoms with Crippen molar-refractivity contribution < 1.29 is 14.1 Å². The van der Waals surface area contributed by atoms with Crippen molar-refractivity contribution in [3.8, 4) is 0 Å². The summed E-state index contributed by atoms with van der Waals surface area (Å²) in [6.45, 7) is 0. The molecule has 0 heterocycles. The maximum absolute atomic E-state index is 12.3. The quantitative estimate of drug-likeness (QED) is 0.895. The Morgan fingerprint density at radius 1 is 1.05 bits per heavy atom. The molecule has 21 heavy (non-hydrogen) atoms. The fourth-order valence-electron chi connectivity index (χ4n) is 1.81. The third-order valence-electron chi connectivity index (χ3n) is 2.81. The Morgan fingerprint density at radius 2 is 1.67 bits per heavy atom. The van der Waals surface area contributed by atoms with Crippen LogP contribution >= 0.6 is 23.2 Å². The predicted molar refractivity (Wildman–Crippen MR) is 84.4 cm³/mol. The van der Waals surface area contributed by atoms with Gasteiger partial charge in [0.25, 0.3) is 0 Å². The van der Waals surface area contributed by atoms with E-state index in [1.165, 1.54) is 0 Å². The number of hydrogen-bond acceptors (Lipinski definition) is 2. The summed E-state index contributed by atoms with van der Waals surface area (Å²) in [5, 5.41) is 9.61. The number of aliphatic carboxylic acids is 1. The van der Waals surface area contributed by atoms with E-state index in [4.69, 9.17) is 28.3 Å². The summed E-state index contributed by atoms with van der Waals surface area (Å²) in [7, 11) is -1.31. The third-order valence-corrected chi connectivity index (χ3v) is 4.92. The first-order valence-electron chi connectivity index (χ1n) is 6.09. The average molecular weight is 343 g/mol. The van der Waals surface area contributed by atoms with Gasteiger partial charge in [0.1, 0.15) is 0 Å². The topological polar surface area (TPSA) is 54.4 Å². The van der Waals surface area contributed by atoms with Crippen LogP contribution in [0.4, 0.5) is 0 Å². The maximum atomic E-state index is 12.3. The van der Waals surface area contributed by atoms with Gasteiger partial charge in [-0.15, -0.1) is 0 Å². The van der Waals surface area contributed by atoms with Gasteiger partial charge in [-0.05, 0) is 29.3 Å². The van der Waals surface area contributed by atoms with Gasteiger partial charge in [0.05, 0.1) is 32.9 Å². The van der Waals surface area contributed by atoms with E-state index in [0.29, 0.717) is 26.3 Å². The Bertz CT molecular complexity index is 684. The molecular formula is C15H12Cl2O3S. The maximum Gasteiger partial charge on any atom is 0.307 e. The summed E-state index contributed by atoms with van der Waals surface area (Å²) in [6, 6.07) is 11.8. The van der Waals surface area contributed by atoms with Crippen LogP contribution in [0.25, 0.3) is 0 Å². The highest BCUT2D eigenvalue weighted by Gasteiger charge is 2.10. The van der Waals surface area contributed by atoms with Gasteiger partial charge in [-0.1, -0.05) is 47.5 Å². The molecule has 0 saturated carbocycles. The standard InChI is InChI=1S/C15H12Cl2O3S/c16-12-5-6-13(17)14(8-12)21(20)9-11-3-1-10(2-4-11)7-15(18)19/h1-6,8H,7,9H2,(H,18,19). The monoisotopic (exact) mass is 342 g/mol. The lowest BCUT2D eigenvalue weighted by atomic mass is 10.1. The van der Waals surface area contributed by atoms with Crippen LogP contribution in [0.5, 0.6) is 0 Å². The molecule has 0 aliphatic carbocycles. The number of carboxylic acids is 1. The van der Waals surface area contributed by atoms with Crippen molar-refractivity contribution in [2.45, 2.75) is 17.1 Å². The molecule has 1 unspecified atom stereocenters. The van der Waals surface area contributed by atoms with Crippen molar-refractivity contribution in [3.63, 3.8) is 0 Å². The van der Waals surface area contributed by atoms with Gasteiger partial charge in [-0.2, -0.15) is 0 Å². The summed E-state index contributed by atoms with van der Waals surface area (Å²) in [4.78, 5) is 11.1. The molecule has 0 saturated heterocycles. The molecule has 6 heteroatoms. The second-order valence-electron chi connectivity index (χ2n) is 4.45. The van der Waals surface area contributed by atoms with Crippen LogP contribution in [-0.4, -0.2) is 15.3 Å². The minimum absolute atomic E-state index is 0.0243. The first kappa shape index (κ1) is 16.0. The molecule has 3 nitrogen and oxygen atoms in total. The Hall–Kier alpha value is -1.36. The lowest BCUT2D eigenvalue weighted by Gasteiger charge is -2.06. The molecule has 0 aliphatic rings. The summed E-state index contributed by atoms with van der Waals surface area (Å²) < 4.78 is 12.3. The predicted octanol–water partition coefficient (Wildman–Crippen LogP) is 3.93. The molecule has 0 amide bonds. The van der Waals surface area contributed by atoms with E-state index in [1.54, 1.807) is 42.5 Å². The highest BCUT2D eigenvalue weighted by atomic mass is 35.5. The van der Waals surface area contributed by atoms with Gasteiger partial charge in [0, 0.05) is 5.02 Å². The molecule has 0 bridgehead atoms. The molecular weight excluding hydrogens is 331 g/mol. The third kappa shape index (κ3) is 4.56. The van der Waals surface area contributed by atoms with Crippen LogP contribution in [-0.2, 0) is 27.8 Å². The van der Waals surface area contributed by atoms with Crippen LogP contribution in [0.2, 0.25) is 10.0 Å². The lowest BCUT2D eigenvalue weighted by Crippen LogP contribution is -2.01. The van der Waals surface area contributed by atoms with E-state index in [-0.39, 0.29) is 6.42 Å².